The van der Waals surface area contributed by atoms with Gasteiger partial charge < -0.3 is 10.1 Å². The lowest BCUT2D eigenvalue weighted by Gasteiger charge is -2.27. The van der Waals surface area contributed by atoms with E-state index < -0.39 is 10.0 Å². The van der Waals surface area contributed by atoms with Gasteiger partial charge in [0, 0.05) is 24.7 Å². The zero-order valence-corrected chi connectivity index (χ0v) is 15.5. The van der Waals surface area contributed by atoms with Crippen molar-refractivity contribution >= 4 is 15.9 Å². The summed E-state index contributed by atoms with van der Waals surface area (Å²) in [5.41, 5.74) is 0.995. The number of hydrogen-bond donors (Lipinski definition) is 1. The maximum atomic E-state index is 12.9. The van der Waals surface area contributed by atoms with Gasteiger partial charge in [-0.2, -0.15) is 4.31 Å². The molecule has 1 aliphatic heterocycles. The second kappa shape index (κ2) is 7.63. The molecule has 1 fully saturated rings. The molecule has 1 N–H and O–H groups in total. The van der Waals surface area contributed by atoms with Crippen LogP contribution in [0.25, 0.3) is 0 Å². The highest BCUT2D eigenvalue weighted by molar-refractivity contribution is 7.89. The van der Waals surface area contributed by atoms with Crippen LogP contribution >= 0.6 is 0 Å². The molecule has 6 nitrogen and oxygen atoms in total. The number of nitrogens with one attached hydrogen (secondary N) is 1. The van der Waals surface area contributed by atoms with E-state index in [1.807, 2.05) is 20.8 Å². The number of carbonyl (C=O) groups excluding carboxylic acids is 1. The lowest BCUT2D eigenvalue weighted by atomic mass is 10.1. The Labute approximate surface area is 144 Å². The first-order valence-corrected chi connectivity index (χ1v) is 9.67. The van der Waals surface area contributed by atoms with Crippen molar-refractivity contribution in [1.29, 1.82) is 0 Å². The SMILES string of the molecule is Cc1ccc(C(=O)NC(C)C(C)C)cc1S(=O)(=O)N1CCOCC1. The number of hydrogen-bond acceptors (Lipinski definition) is 4. The van der Waals surface area contributed by atoms with Crippen LogP contribution in [0.5, 0.6) is 0 Å². The highest BCUT2D eigenvalue weighted by atomic mass is 32.2. The molecular formula is C17H26N2O4S. The van der Waals surface area contributed by atoms with Gasteiger partial charge in [0.05, 0.1) is 18.1 Å². The summed E-state index contributed by atoms with van der Waals surface area (Å²) in [7, 11) is -3.62. The van der Waals surface area contributed by atoms with Crippen LogP contribution < -0.4 is 5.32 Å². The number of benzene rings is 1. The Kier molecular flexibility index (Phi) is 6.01. The Morgan fingerprint density at radius 2 is 1.83 bits per heavy atom. The van der Waals surface area contributed by atoms with E-state index in [9.17, 15) is 13.2 Å². The highest BCUT2D eigenvalue weighted by Gasteiger charge is 2.28. The van der Waals surface area contributed by atoms with Crippen LogP contribution in [-0.2, 0) is 14.8 Å². The third kappa shape index (κ3) is 4.15. The fourth-order valence-corrected chi connectivity index (χ4v) is 4.06. The molecule has 0 radical (unpaired) electrons. The van der Waals surface area contributed by atoms with Gasteiger partial charge in [0.25, 0.3) is 5.91 Å². The van der Waals surface area contributed by atoms with Gasteiger partial charge in [0.2, 0.25) is 10.0 Å². The summed E-state index contributed by atoms with van der Waals surface area (Å²) in [6, 6.07) is 4.83. The average Bonchev–Trinajstić information content (AvgIpc) is 2.55. The van der Waals surface area contributed by atoms with Crippen molar-refractivity contribution in [2.24, 2.45) is 5.92 Å². The molecule has 0 saturated carbocycles. The molecule has 7 heteroatoms. The number of ether oxygens (including phenoxy) is 1. The van der Waals surface area contributed by atoms with Crippen LogP contribution in [0.15, 0.2) is 23.1 Å². The first-order chi connectivity index (χ1) is 11.2. The lowest BCUT2D eigenvalue weighted by Crippen LogP contribution is -2.41. The zero-order valence-electron chi connectivity index (χ0n) is 14.7. The zero-order chi connectivity index (χ0) is 17.9. The largest absolute Gasteiger partial charge is 0.379 e. The maximum absolute atomic E-state index is 12.9. The maximum Gasteiger partial charge on any atom is 0.251 e. The Morgan fingerprint density at radius 3 is 2.42 bits per heavy atom. The van der Waals surface area contributed by atoms with E-state index >= 15 is 0 Å². The summed E-state index contributed by atoms with van der Waals surface area (Å²) < 4.78 is 32.3. The van der Waals surface area contributed by atoms with Crippen LogP contribution in [0.1, 0.15) is 36.7 Å². The minimum absolute atomic E-state index is 0.0121. The summed E-state index contributed by atoms with van der Waals surface area (Å²) in [6.07, 6.45) is 0. The second-order valence-electron chi connectivity index (χ2n) is 6.50. The fraction of sp³-hybridized carbons (Fsp3) is 0.588. The average molecular weight is 354 g/mol. The molecular weight excluding hydrogens is 328 g/mol. The van der Waals surface area contributed by atoms with E-state index in [1.54, 1.807) is 19.1 Å². The monoisotopic (exact) mass is 354 g/mol. The van der Waals surface area contributed by atoms with Crippen molar-refractivity contribution in [3.63, 3.8) is 0 Å². The first-order valence-electron chi connectivity index (χ1n) is 8.23. The third-order valence-corrected chi connectivity index (χ3v) is 6.44. The number of carbonyl (C=O) groups is 1. The number of rotatable bonds is 5. The van der Waals surface area contributed by atoms with Crippen LogP contribution in [0.2, 0.25) is 0 Å². The van der Waals surface area contributed by atoms with Gasteiger partial charge in [-0.3, -0.25) is 4.79 Å². The van der Waals surface area contributed by atoms with Gasteiger partial charge in [-0.1, -0.05) is 19.9 Å². The molecule has 1 atom stereocenters. The predicted molar refractivity (Wildman–Crippen MR) is 92.5 cm³/mol. The summed E-state index contributed by atoms with van der Waals surface area (Å²) >= 11 is 0. The summed E-state index contributed by atoms with van der Waals surface area (Å²) in [5, 5.41) is 2.91. The second-order valence-corrected chi connectivity index (χ2v) is 8.41. The molecule has 1 unspecified atom stereocenters. The quantitative estimate of drug-likeness (QED) is 0.875. The van der Waals surface area contributed by atoms with Crippen molar-refractivity contribution < 1.29 is 17.9 Å². The number of amides is 1. The van der Waals surface area contributed by atoms with Crippen LogP contribution in [-0.4, -0.2) is 51.0 Å². The number of aryl methyl sites for hydroxylation is 1. The van der Waals surface area contributed by atoms with Gasteiger partial charge >= 0.3 is 0 Å². The molecule has 1 aliphatic rings. The van der Waals surface area contributed by atoms with Crippen molar-refractivity contribution in [3.8, 4) is 0 Å². The Hall–Kier alpha value is -1.44. The van der Waals surface area contributed by atoms with Gasteiger partial charge in [0.15, 0.2) is 0 Å². The van der Waals surface area contributed by atoms with Gasteiger partial charge in [-0.25, -0.2) is 8.42 Å². The van der Waals surface area contributed by atoms with E-state index in [2.05, 4.69) is 5.32 Å². The van der Waals surface area contributed by atoms with Crippen LogP contribution in [0, 0.1) is 12.8 Å². The van der Waals surface area contributed by atoms with E-state index in [1.165, 1.54) is 10.4 Å². The highest BCUT2D eigenvalue weighted by Crippen LogP contribution is 2.22. The van der Waals surface area contributed by atoms with E-state index in [4.69, 9.17) is 4.74 Å². The Bertz CT molecular complexity index is 695. The fourth-order valence-electron chi connectivity index (χ4n) is 2.40. The first kappa shape index (κ1) is 18.9. The van der Waals surface area contributed by atoms with E-state index in [0.717, 1.165) is 0 Å². The molecule has 1 aromatic carbocycles. The summed E-state index contributed by atoms with van der Waals surface area (Å²) in [6.45, 7) is 9.18. The van der Waals surface area contributed by atoms with Crippen molar-refractivity contribution in [2.45, 2.75) is 38.6 Å². The van der Waals surface area contributed by atoms with Gasteiger partial charge in [-0.05, 0) is 37.5 Å². The number of nitrogens with zero attached hydrogens (tertiary/aromatic N) is 1. The Balaban J connectivity index is 2.29. The molecule has 0 spiro atoms. The smallest absolute Gasteiger partial charge is 0.251 e. The Morgan fingerprint density at radius 1 is 1.21 bits per heavy atom. The molecule has 134 valence electrons. The summed E-state index contributed by atoms with van der Waals surface area (Å²) in [5.74, 6) is 0.0468. The number of morpholine rings is 1. The molecule has 1 saturated heterocycles. The van der Waals surface area contributed by atoms with Crippen LogP contribution in [0.4, 0.5) is 0 Å². The van der Waals surface area contributed by atoms with Crippen molar-refractivity contribution in [1.82, 2.24) is 9.62 Å². The molecule has 24 heavy (non-hydrogen) atoms. The molecule has 0 aromatic heterocycles. The molecule has 0 bridgehead atoms. The molecule has 0 aliphatic carbocycles. The van der Waals surface area contributed by atoms with Crippen LogP contribution in [0.3, 0.4) is 0 Å². The van der Waals surface area contributed by atoms with Gasteiger partial charge in [0.1, 0.15) is 0 Å². The number of sulfonamides is 1. The minimum Gasteiger partial charge on any atom is -0.379 e. The van der Waals surface area contributed by atoms with Gasteiger partial charge in [-0.15, -0.1) is 0 Å². The van der Waals surface area contributed by atoms with E-state index in [0.29, 0.717) is 43.3 Å². The lowest BCUT2D eigenvalue weighted by molar-refractivity contribution is 0.0730. The summed E-state index contributed by atoms with van der Waals surface area (Å²) in [4.78, 5) is 12.6. The van der Waals surface area contributed by atoms with Crippen molar-refractivity contribution in [3.05, 3.63) is 29.3 Å². The minimum atomic E-state index is -3.62. The molecule has 1 amide bonds. The van der Waals surface area contributed by atoms with Crippen molar-refractivity contribution in [2.75, 3.05) is 26.3 Å². The molecule has 1 aromatic rings. The molecule has 2 rings (SSSR count). The third-order valence-electron chi connectivity index (χ3n) is 4.40. The topological polar surface area (TPSA) is 75.7 Å². The normalized spacial score (nSPS) is 17.7. The molecule has 1 heterocycles. The van der Waals surface area contributed by atoms with E-state index in [-0.39, 0.29) is 16.8 Å². The predicted octanol–water partition coefficient (Wildman–Crippen LogP) is 1.79. The standard InChI is InChI=1S/C17H26N2O4S/c1-12(2)14(4)18-17(20)15-6-5-13(3)16(11-15)24(21,22)19-7-9-23-10-8-19/h5-6,11-12,14H,7-10H2,1-4H3,(H,18,20).